The van der Waals surface area contributed by atoms with Gasteiger partial charge in [-0.2, -0.15) is 0 Å². The molecule has 1 aromatic heterocycles. The van der Waals surface area contributed by atoms with Gasteiger partial charge in [0.25, 0.3) is 0 Å². The van der Waals surface area contributed by atoms with Crippen molar-refractivity contribution >= 4 is 22.7 Å². The van der Waals surface area contributed by atoms with E-state index in [9.17, 15) is 0 Å². The minimum absolute atomic E-state index is 0.662. The van der Waals surface area contributed by atoms with Crippen LogP contribution in [0.4, 0.5) is 0 Å². The third-order valence-corrected chi connectivity index (χ3v) is 5.20. The molecule has 1 aliphatic carbocycles. The van der Waals surface area contributed by atoms with Crippen molar-refractivity contribution in [2.45, 2.75) is 42.0 Å². The molecule has 1 aromatic carbocycles. The van der Waals surface area contributed by atoms with Crippen LogP contribution in [-0.2, 0) is 0 Å². The monoisotopic (exact) mass is 260 g/mol. The first-order valence-electron chi connectivity index (χ1n) is 6.78. The Morgan fingerprint density at radius 2 is 2.06 bits per heavy atom. The van der Waals surface area contributed by atoms with Crippen LogP contribution in [0.15, 0.2) is 35.4 Å². The van der Waals surface area contributed by atoms with E-state index >= 15 is 0 Å². The molecule has 2 N–H and O–H groups in total. The molecule has 1 fully saturated rings. The lowest BCUT2D eigenvalue weighted by Crippen LogP contribution is -2.38. The summed E-state index contributed by atoms with van der Waals surface area (Å²) in [6.07, 6.45) is 5.38. The second kappa shape index (κ2) is 5.37. The smallest absolute Gasteiger partial charge is 0.0735 e. The van der Waals surface area contributed by atoms with Crippen molar-refractivity contribution in [2.24, 2.45) is 0 Å². The molecule has 0 amide bonds. The van der Waals surface area contributed by atoms with Crippen molar-refractivity contribution in [2.75, 3.05) is 7.05 Å². The molecule has 0 radical (unpaired) electrons. The minimum atomic E-state index is 0.662. The Kier molecular flexibility index (Phi) is 3.62. The standard InChI is InChI=1S/C15H20N2S/c1-16-13-8-4-5-9-14(13)18-15-10-11-6-2-3-7-12(11)17-15/h2-3,6-7,10,13-14,16-17H,4-5,8-9H2,1H3. The fourth-order valence-corrected chi connectivity index (χ4v) is 4.25. The third kappa shape index (κ3) is 2.43. The number of hydrogen-bond donors (Lipinski definition) is 2. The SMILES string of the molecule is CNC1CCCCC1Sc1cc2ccccc2[nH]1. The molecular weight excluding hydrogens is 240 g/mol. The molecule has 2 aromatic rings. The number of nitrogens with one attached hydrogen (secondary N) is 2. The lowest BCUT2D eigenvalue weighted by molar-refractivity contribution is 0.405. The van der Waals surface area contributed by atoms with Crippen LogP contribution in [0.25, 0.3) is 10.9 Å². The molecule has 0 saturated heterocycles. The number of hydrogen-bond acceptors (Lipinski definition) is 2. The van der Waals surface area contributed by atoms with Crippen LogP contribution in [0.3, 0.4) is 0 Å². The maximum absolute atomic E-state index is 3.52. The first kappa shape index (κ1) is 12.1. The Bertz CT molecular complexity index is 487. The summed E-state index contributed by atoms with van der Waals surface area (Å²) >= 11 is 2.00. The third-order valence-electron chi connectivity index (χ3n) is 3.86. The Morgan fingerprint density at radius 1 is 1.22 bits per heavy atom. The van der Waals surface area contributed by atoms with Crippen LogP contribution >= 0.6 is 11.8 Å². The van der Waals surface area contributed by atoms with Gasteiger partial charge < -0.3 is 10.3 Å². The summed E-state index contributed by atoms with van der Waals surface area (Å²) in [5.41, 5.74) is 1.25. The predicted molar refractivity (Wildman–Crippen MR) is 79.3 cm³/mol. The Morgan fingerprint density at radius 3 is 2.89 bits per heavy atom. The summed E-state index contributed by atoms with van der Waals surface area (Å²) in [5.74, 6) is 0. The average Bonchev–Trinajstić information content (AvgIpc) is 2.81. The zero-order valence-corrected chi connectivity index (χ0v) is 11.6. The van der Waals surface area contributed by atoms with Crippen molar-refractivity contribution in [3.8, 4) is 0 Å². The van der Waals surface area contributed by atoms with Crippen LogP contribution in [0.2, 0.25) is 0 Å². The molecule has 18 heavy (non-hydrogen) atoms. The predicted octanol–water partition coefficient (Wildman–Crippen LogP) is 3.79. The first-order valence-corrected chi connectivity index (χ1v) is 7.66. The van der Waals surface area contributed by atoms with E-state index < -0.39 is 0 Å². The first-order chi connectivity index (χ1) is 8.86. The minimum Gasteiger partial charge on any atom is -0.350 e. The van der Waals surface area contributed by atoms with Crippen molar-refractivity contribution in [3.05, 3.63) is 30.3 Å². The maximum Gasteiger partial charge on any atom is 0.0735 e. The summed E-state index contributed by atoms with van der Waals surface area (Å²) in [6.45, 7) is 0. The van der Waals surface area contributed by atoms with Gasteiger partial charge in [-0.05, 0) is 32.0 Å². The van der Waals surface area contributed by atoms with E-state index in [-0.39, 0.29) is 0 Å². The van der Waals surface area contributed by atoms with Gasteiger partial charge in [-0.15, -0.1) is 11.8 Å². The molecule has 2 unspecified atom stereocenters. The molecule has 2 atom stereocenters. The molecule has 1 saturated carbocycles. The van der Waals surface area contributed by atoms with Crippen LogP contribution in [0.5, 0.6) is 0 Å². The van der Waals surface area contributed by atoms with Crippen molar-refractivity contribution in [3.63, 3.8) is 0 Å². The number of thioether (sulfide) groups is 1. The lowest BCUT2D eigenvalue weighted by atomic mass is 9.95. The molecule has 1 heterocycles. The molecule has 1 aliphatic rings. The van der Waals surface area contributed by atoms with Gasteiger partial charge in [0.1, 0.15) is 0 Å². The molecule has 0 aliphatic heterocycles. The lowest BCUT2D eigenvalue weighted by Gasteiger charge is -2.30. The van der Waals surface area contributed by atoms with Crippen molar-refractivity contribution in [1.29, 1.82) is 0 Å². The molecule has 0 spiro atoms. The Hall–Kier alpha value is -0.930. The fraction of sp³-hybridized carbons (Fsp3) is 0.467. The zero-order valence-electron chi connectivity index (χ0n) is 10.8. The summed E-state index contributed by atoms with van der Waals surface area (Å²) in [7, 11) is 2.09. The van der Waals surface area contributed by atoms with E-state index in [0.717, 1.165) is 0 Å². The number of para-hydroxylation sites is 1. The molecule has 3 rings (SSSR count). The number of aromatic amines is 1. The van der Waals surface area contributed by atoms with E-state index in [1.54, 1.807) is 0 Å². The van der Waals surface area contributed by atoms with Gasteiger partial charge in [0.05, 0.1) is 5.03 Å². The normalized spacial score (nSPS) is 24.5. The highest BCUT2D eigenvalue weighted by atomic mass is 32.2. The van der Waals surface area contributed by atoms with Gasteiger partial charge in [0, 0.05) is 22.2 Å². The molecule has 3 heteroatoms. The fourth-order valence-electron chi connectivity index (χ4n) is 2.84. The van der Waals surface area contributed by atoms with E-state index in [1.807, 2.05) is 11.8 Å². The molecular formula is C15H20N2S. The number of aromatic nitrogens is 1. The summed E-state index contributed by atoms with van der Waals surface area (Å²) in [6, 6.07) is 11.4. The van der Waals surface area contributed by atoms with Gasteiger partial charge >= 0.3 is 0 Å². The van der Waals surface area contributed by atoms with Gasteiger partial charge in [-0.3, -0.25) is 0 Å². The van der Waals surface area contributed by atoms with Crippen LogP contribution in [0.1, 0.15) is 25.7 Å². The molecule has 2 nitrogen and oxygen atoms in total. The van der Waals surface area contributed by atoms with Gasteiger partial charge in [-0.25, -0.2) is 0 Å². The summed E-state index contributed by atoms with van der Waals surface area (Å²) in [4.78, 5) is 3.52. The molecule has 96 valence electrons. The van der Waals surface area contributed by atoms with E-state index in [0.29, 0.717) is 11.3 Å². The van der Waals surface area contributed by atoms with E-state index in [2.05, 4.69) is 47.7 Å². The van der Waals surface area contributed by atoms with Crippen molar-refractivity contribution < 1.29 is 0 Å². The number of fused-ring (bicyclic) bond motifs is 1. The summed E-state index contributed by atoms with van der Waals surface area (Å²) < 4.78 is 0. The summed E-state index contributed by atoms with van der Waals surface area (Å²) in [5, 5.41) is 6.80. The average molecular weight is 260 g/mol. The highest BCUT2D eigenvalue weighted by molar-refractivity contribution is 7.99. The highest BCUT2D eigenvalue weighted by Crippen LogP contribution is 2.34. The maximum atomic E-state index is 3.52. The second-order valence-electron chi connectivity index (χ2n) is 5.06. The number of H-pyrrole nitrogens is 1. The quantitative estimate of drug-likeness (QED) is 0.878. The second-order valence-corrected chi connectivity index (χ2v) is 6.34. The van der Waals surface area contributed by atoms with Crippen LogP contribution in [0, 0.1) is 0 Å². The van der Waals surface area contributed by atoms with E-state index in [4.69, 9.17) is 0 Å². The van der Waals surface area contributed by atoms with Crippen molar-refractivity contribution in [1.82, 2.24) is 10.3 Å². The van der Waals surface area contributed by atoms with Crippen LogP contribution in [-0.4, -0.2) is 23.3 Å². The van der Waals surface area contributed by atoms with Gasteiger partial charge in [0.2, 0.25) is 0 Å². The number of benzene rings is 1. The molecule has 0 bridgehead atoms. The zero-order chi connectivity index (χ0) is 12.4. The largest absolute Gasteiger partial charge is 0.350 e. The highest BCUT2D eigenvalue weighted by Gasteiger charge is 2.24. The topological polar surface area (TPSA) is 27.8 Å². The van der Waals surface area contributed by atoms with Crippen LogP contribution < -0.4 is 5.32 Å². The van der Waals surface area contributed by atoms with Gasteiger partial charge in [0.15, 0.2) is 0 Å². The van der Waals surface area contributed by atoms with E-state index in [1.165, 1.54) is 41.6 Å². The number of rotatable bonds is 3. The Labute approximate surface area is 113 Å². The van der Waals surface area contributed by atoms with Gasteiger partial charge in [-0.1, -0.05) is 31.0 Å². The Balaban J connectivity index is 1.78.